The lowest BCUT2D eigenvalue weighted by molar-refractivity contribution is -0.132. The predicted molar refractivity (Wildman–Crippen MR) is 87.1 cm³/mol. The van der Waals surface area contributed by atoms with Gasteiger partial charge in [-0.25, -0.2) is 0 Å². The number of nitrogens with two attached hydrogens (primary N) is 1. The fraction of sp³-hybridized carbons (Fsp3) is 0.562. The fourth-order valence-electron chi connectivity index (χ4n) is 2.60. The highest BCUT2D eigenvalue weighted by Crippen LogP contribution is 2.19. The summed E-state index contributed by atoms with van der Waals surface area (Å²) < 4.78 is 5.70. The summed E-state index contributed by atoms with van der Waals surface area (Å²) in [4.78, 5) is 13.9. The maximum atomic E-state index is 12.1. The van der Waals surface area contributed by atoms with E-state index in [2.05, 4.69) is 13.0 Å². The minimum Gasteiger partial charge on any atom is -0.493 e. The number of aryl methyl sites for hydroxylation is 2. The molecule has 1 atom stereocenters. The minimum absolute atomic E-state index is 0. The third-order valence-corrected chi connectivity index (χ3v) is 3.71. The molecule has 0 spiro atoms. The van der Waals surface area contributed by atoms with Crippen LogP contribution in [0.5, 0.6) is 5.75 Å². The molecule has 0 bridgehead atoms. The largest absolute Gasteiger partial charge is 0.493 e. The van der Waals surface area contributed by atoms with Crippen molar-refractivity contribution >= 4 is 18.3 Å². The van der Waals surface area contributed by atoms with Gasteiger partial charge in [0.25, 0.3) is 0 Å². The van der Waals surface area contributed by atoms with Gasteiger partial charge < -0.3 is 15.4 Å². The van der Waals surface area contributed by atoms with Crippen LogP contribution in [0.3, 0.4) is 0 Å². The number of amides is 1. The van der Waals surface area contributed by atoms with Crippen LogP contribution in [0.4, 0.5) is 0 Å². The van der Waals surface area contributed by atoms with Crippen molar-refractivity contribution in [3.8, 4) is 5.75 Å². The second-order valence-electron chi connectivity index (χ2n) is 5.61. The molecule has 118 valence electrons. The SMILES string of the molecule is Cc1ccc(OCCC(=O)N2CCCC(N)C2)c(C)c1.Cl. The monoisotopic (exact) mass is 312 g/mol. The summed E-state index contributed by atoms with van der Waals surface area (Å²) in [6.07, 6.45) is 2.44. The molecular weight excluding hydrogens is 288 g/mol. The Morgan fingerprint density at radius 2 is 2.19 bits per heavy atom. The molecule has 0 aliphatic carbocycles. The van der Waals surface area contributed by atoms with Crippen LogP contribution < -0.4 is 10.5 Å². The average Bonchev–Trinajstić information content (AvgIpc) is 2.41. The first-order chi connectivity index (χ1) is 9.56. The molecule has 0 saturated carbocycles. The summed E-state index contributed by atoms with van der Waals surface area (Å²) in [5.74, 6) is 1.00. The molecule has 5 heteroatoms. The molecule has 1 aromatic carbocycles. The standard InChI is InChI=1S/C16H24N2O2.ClH/c1-12-5-6-15(13(2)10-12)20-9-7-16(19)18-8-3-4-14(17)11-18;/h5-6,10,14H,3-4,7-9,11,17H2,1-2H3;1H. The van der Waals surface area contributed by atoms with Gasteiger partial charge in [0.2, 0.25) is 5.91 Å². The van der Waals surface area contributed by atoms with E-state index in [9.17, 15) is 4.79 Å². The second kappa shape index (κ2) is 8.25. The number of halogens is 1. The first kappa shape index (κ1) is 17.8. The molecule has 1 amide bonds. The van der Waals surface area contributed by atoms with E-state index in [1.54, 1.807) is 0 Å². The van der Waals surface area contributed by atoms with Crippen LogP contribution in [-0.4, -0.2) is 36.5 Å². The lowest BCUT2D eigenvalue weighted by Gasteiger charge is -2.30. The first-order valence-electron chi connectivity index (χ1n) is 7.29. The van der Waals surface area contributed by atoms with Crippen molar-refractivity contribution in [2.75, 3.05) is 19.7 Å². The highest BCUT2D eigenvalue weighted by atomic mass is 35.5. The highest BCUT2D eigenvalue weighted by Gasteiger charge is 2.20. The Morgan fingerprint density at radius 3 is 2.86 bits per heavy atom. The lowest BCUT2D eigenvalue weighted by Crippen LogP contribution is -2.46. The van der Waals surface area contributed by atoms with Gasteiger partial charge >= 0.3 is 0 Å². The normalized spacial score (nSPS) is 18.0. The Hall–Kier alpha value is -1.26. The van der Waals surface area contributed by atoms with Crippen molar-refractivity contribution in [3.05, 3.63) is 29.3 Å². The summed E-state index contributed by atoms with van der Waals surface area (Å²) in [5.41, 5.74) is 8.22. The molecule has 0 aromatic heterocycles. The van der Waals surface area contributed by atoms with Gasteiger partial charge in [-0.05, 0) is 38.3 Å². The number of benzene rings is 1. The lowest BCUT2D eigenvalue weighted by atomic mass is 10.1. The molecule has 1 aliphatic rings. The van der Waals surface area contributed by atoms with E-state index in [-0.39, 0.29) is 24.4 Å². The van der Waals surface area contributed by atoms with E-state index in [0.717, 1.165) is 30.7 Å². The molecule has 1 aromatic rings. The van der Waals surface area contributed by atoms with Crippen molar-refractivity contribution in [2.24, 2.45) is 5.73 Å². The van der Waals surface area contributed by atoms with Gasteiger partial charge in [-0.3, -0.25) is 4.79 Å². The molecule has 1 saturated heterocycles. The Morgan fingerprint density at radius 1 is 1.43 bits per heavy atom. The van der Waals surface area contributed by atoms with Crippen LogP contribution >= 0.6 is 12.4 Å². The molecule has 4 nitrogen and oxygen atoms in total. The minimum atomic E-state index is 0. The smallest absolute Gasteiger partial charge is 0.226 e. The number of likely N-dealkylation sites (tertiary alicyclic amines) is 1. The van der Waals surface area contributed by atoms with Crippen molar-refractivity contribution in [1.29, 1.82) is 0 Å². The van der Waals surface area contributed by atoms with E-state index in [0.29, 0.717) is 19.6 Å². The van der Waals surface area contributed by atoms with Crippen LogP contribution in [0.2, 0.25) is 0 Å². The van der Waals surface area contributed by atoms with Crippen LogP contribution in [0.15, 0.2) is 18.2 Å². The number of rotatable bonds is 4. The summed E-state index contributed by atoms with van der Waals surface area (Å²) in [5, 5.41) is 0. The molecule has 21 heavy (non-hydrogen) atoms. The zero-order chi connectivity index (χ0) is 14.5. The summed E-state index contributed by atoms with van der Waals surface area (Å²) >= 11 is 0. The number of ether oxygens (including phenoxy) is 1. The third-order valence-electron chi connectivity index (χ3n) is 3.71. The number of hydrogen-bond donors (Lipinski definition) is 1. The molecule has 1 aliphatic heterocycles. The summed E-state index contributed by atoms with van der Waals surface area (Å²) in [7, 11) is 0. The van der Waals surface area contributed by atoms with Gasteiger partial charge in [0.15, 0.2) is 0 Å². The molecule has 2 N–H and O–H groups in total. The third kappa shape index (κ3) is 5.21. The summed E-state index contributed by atoms with van der Waals surface area (Å²) in [6, 6.07) is 6.20. The number of nitrogens with zero attached hydrogens (tertiary/aromatic N) is 1. The predicted octanol–water partition coefficient (Wildman–Crippen LogP) is 2.44. The van der Waals surface area contributed by atoms with E-state index < -0.39 is 0 Å². The Kier molecular flexibility index (Phi) is 6.99. The van der Waals surface area contributed by atoms with E-state index in [4.69, 9.17) is 10.5 Å². The number of carbonyl (C=O) groups excluding carboxylic acids is 1. The van der Waals surface area contributed by atoms with E-state index >= 15 is 0 Å². The maximum Gasteiger partial charge on any atom is 0.226 e. The summed E-state index contributed by atoms with van der Waals surface area (Å²) in [6.45, 7) is 6.01. The van der Waals surface area contributed by atoms with Gasteiger partial charge in [-0.1, -0.05) is 17.7 Å². The zero-order valence-electron chi connectivity index (χ0n) is 12.8. The van der Waals surface area contributed by atoms with Gasteiger partial charge in [-0.2, -0.15) is 0 Å². The van der Waals surface area contributed by atoms with Gasteiger partial charge in [0.1, 0.15) is 5.75 Å². The highest BCUT2D eigenvalue weighted by molar-refractivity contribution is 5.85. The van der Waals surface area contributed by atoms with Crippen LogP contribution in [0.1, 0.15) is 30.4 Å². The number of carbonyl (C=O) groups is 1. The van der Waals surface area contributed by atoms with Gasteiger partial charge in [-0.15, -0.1) is 12.4 Å². The Labute approximate surface area is 133 Å². The van der Waals surface area contributed by atoms with Crippen LogP contribution in [0.25, 0.3) is 0 Å². The van der Waals surface area contributed by atoms with Gasteiger partial charge in [0, 0.05) is 19.1 Å². The van der Waals surface area contributed by atoms with Crippen LogP contribution in [0, 0.1) is 13.8 Å². The number of piperidine rings is 1. The van der Waals surface area contributed by atoms with Gasteiger partial charge in [0.05, 0.1) is 13.0 Å². The Bertz CT molecular complexity index is 479. The second-order valence-corrected chi connectivity index (χ2v) is 5.61. The van der Waals surface area contributed by atoms with Crippen molar-refractivity contribution < 1.29 is 9.53 Å². The van der Waals surface area contributed by atoms with Crippen molar-refractivity contribution in [3.63, 3.8) is 0 Å². The molecular formula is C16H25ClN2O2. The van der Waals surface area contributed by atoms with E-state index in [1.807, 2.05) is 24.0 Å². The first-order valence-corrected chi connectivity index (χ1v) is 7.29. The van der Waals surface area contributed by atoms with Crippen molar-refractivity contribution in [2.45, 2.75) is 39.2 Å². The fourth-order valence-corrected chi connectivity index (χ4v) is 2.60. The quantitative estimate of drug-likeness (QED) is 0.929. The molecule has 1 fully saturated rings. The Balaban J connectivity index is 0.00000220. The molecule has 1 heterocycles. The van der Waals surface area contributed by atoms with Crippen molar-refractivity contribution in [1.82, 2.24) is 4.90 Å². The molecule has 2 rings (SSSR count). The van der Waals surface area contributed by atoms with E-state index in [1.165, 1.54) is 5.56 Å². The van der Waals surface area contributed by atoms with Crippen LogP contribution in [-0.2, 0) is 4.79 Å². The zero-order valence-corrected chi connectivity index (χ0v) is 13.6. The maximum absolute atomic E-state index is 12.1. The average molecular weight is 313 g/mol. The molecule has 0 radical (unpaired) electrons. The molecule has 1 unspecified atom stereocenters. The topological polar surface area (TPSA) is 55.6 Å². The number of hydrogen-bond acceptors (Lipinski definition) is 3.